The molecule has 1 aromatic heterocycles. The molecule has 0 amide bonds. The van der Waals surface area contributed by atoms with Gasteiger partial charge in [0, 0.05) is 28.1 Å². The Morgan fingerprint density at radius 3 is 1.29 bits per heavy atom. The third-order valence-electron chi connectivity index (χ3n) is 10.9. The molecule has 4 N–H and O–H groups in total. The molecule has 5 heteroatoms. The van der Waals surface area contributed by atoms with Crippen molar-refractivity contribution in [2.75, 3.05) is 0 Å². The van der Waals surface area contributed by atoms with Crippen LogP contribution in [0.2, 0.25) is 0 Å². The molecule has 0 saturated carbocycles. The molecule has 0 unspecified atom stereocenters. The fourth-order valence-electron chi connectivity index (χ4n) is 8.40. The Kier molecular flexibility index (Phi) is 7.60. The Labute approximate surface area is 320 Å². The molecule has 260 valence electrons. The molecule has 8 aromatic rings. The zero-order valence-electron chi connectivity index (χ0n) is 29.9. The fourth-order valence-corrected chi connectivity index (χ4v) is 8.40. The summed E-state index contributed by atoms with van der Waals surface area (Å²) >= 11 is 0. The van der Waals surface area contributed by atoms with Gasteiger partial charge in [0.15, 0.2) is 17.5 Å². The van der Waals surface area contributed by atoms with Crippen LogP contribution in [-0.2, 0) is 5.41 Å². The second-order valence-corrected chi connectivity index (χ2v) is 14.0. The molecule has 0 saturated heterocycles. The summed E-state index contributed by atoms with van der Waals surface area (Å²) < 4.78 is 0. The molecule has 2 aliphatic rings. The Hall–Kier alpha value is -7.37. The molecule has 1 spiro atoms. The van der Waals surface area contributed by atoms with Crippen molar-refractivity contribution in [3.8, 4) is 56.4 Å². The Balaban J connectivity index is 1.08. The van der Waals surface area contributed by atoms with E-state index in [4.69, 9.17) is 26.4 Å². The Bertz CT molecular complexity index is 2770. The lowest BCUT2D eigenvalue weighted by atomic mass is 9.70. The minimum Gasteiger partial charge on any atom is -0.398 e. The van der Waals surface area contributed by atoms with E-state index in [0.29, 0.717) is 28.9 Å². The van der Waals surface area contributed by atoms with Gasteiger partial charge < -0.3 is 11.5 Å². The van der Waals surface area contributed by atoms with Gasteiger partial charge in [-0.25, -0.2) is 15.0 Å². The summed E-state index contributed by atoms with van der Waals surface area (Å²) in [4.78, 5) is 15.2. The first kappa shape index (κ1) is 32.3. The summed E-state index contributed by atoms with van der Waals surface area (Å²) in [5, 5.41) is 0. The smallest absolute Gasteiger partial charge is 0.164 e. The monoisotopic (exact) mass is 705 g/mol. The van der Waals surface area contributed by atoms with Gasteiger partial charge in [-0.2, -0.15) is 0 Å². The molecule has 0 atom stereocenters. The van der Waals surface area contributed by atoms with Gasteiger partial charge in [0.25, 0.3) is 0 Å². The van der Waals surface area contributed by atoms with Crippen LogP contribution in [0.15, 0.2) is 188 Å². The number of fused-ring (bicyclic) bond motifs is 10. The number of hydrogen-bond donors (Lipinski definition) is 2. The molecule has 5 nitrogen and oxygen atoms in total. The van der Waals surface area contributed by atoms with Crippen LogP contribution in [0.25, 0.3) is 67.8 Å². The van der Waals surface area contributed by atoms with Gasteiger partial charge in [0.1, 0.15) is 0 Å². The molecule has 0 radical (unpaired) electrons. The predicted molar refractivity (Wildman–Crippen MR) is 223 cm³/mol. The second kappa shape index (κ2) is 12.9. The molecular formula is C50H35N5. The van der Waals surface area contributed by atoms with Crippen molar-refractivity contribution in [2.45, 2.75) is 5.41 Å². The molecule has 7 aromatic carbocycles. The van der Waals surface area contributed by atoms with Gasteiger partial charge in [0.2, 0.25) is 0 Å². The van der Waals surface area contributed by atoms with Crippen LogP contribution >= 0.6 is 0 Å². The standard InChI is InChI=1S/C50H35N5/c51-45(32-13-3-1-4-14-32)29-30-46(52)33-23-25-35(26-24-33)48-53-47(34-15-5-2-6-16-34)54-49(55-48)36-27-28-44-40(31-36)39-19-9-12-22-43(39)50(44)41-20-10-7-17-37(41)38-18-8-11-21-42(38)50/h1-31H,51-52H2/b45-29-,46-30-. The average Bonchev–Trinajstić information content (AvgIpc) is 3.73. The van der Waals surface area contributed by atoms with E-state index in [1.54, 1.807) is 0 Å². The first-order valence-corrected chi connectivity index (χ1v) is 18.4. The van der Waals surface area contributed by atoms with E-state index < -0.39 is 5.41 Å². The number of allylic oxidation sites excluding steroid dienone is 2. The highest BCUT2D eigenvalue weighted by Gasteiger charge is 2.51. The second-order valence-electron chi connectivity index (χ2n) is 14.0. The fraction of sp³-hybridized carbons (Fsp3) is 0.0200. The lowest BCUT2D eigenvalue weighted by molar-refractivity contribution is 0.794. The third kappa shape index (κ3) is 5.20. The molecule has 55 heavy (non-hydrogen) atoms. The number of rotatable bonds is 6. The maximum absolute atomic E-state index is 6.50. The topological polar surface area (TPSA) is 90.7 Å². The molecular weight excluding hydrogens is 671 g/mol. The van der Waals surface area contributed by atoms with Crippen molar-refractivity contribution in [2.24, 2.45) is 11.5 Å². The van der Waals surface area contributed by atoms with Crippen LogP contribution in [0.3, 0.4) is 0 Å². The van der Waals surface area contributed by atoms with E-state index in [9.17, 15) is 0 Å². The quantitative estimate of drug-likeness (QED) is 0.168. The van der Waals surface area contributed by atoms with Gasteiger partial charge in [-0.3, -0.25) is 0 Å². The highest BCUT2D eigenvalue weighted by Crippen LogP contribution is 2.62. The zero-order valence-corrected chi connectivity index (χ0v) is 29.9. The summed E-state index contributed by atoms with van der Waals surface area (Å²) in [5.41, 5.74) is 28.4. The summed E-state index contributed by atoms with van der Waals surface area (Å²) in [6, 6.07) is 61.2. The van der Waals surface area contributed by atoms with Crippen molar-refractivity contribution >= 4 is 11.4 Å². The van der Waals surface area contributed by atoms with Crippen LogP contribution in [0.5, 0.6) is 0 Å². The van der Waals surface area contributed by atoms with Crippen molar-refractivity contribution < 1.29 is 0 Å². The van der Waals surface area contributed by atoms with Gasteiger partial charge >= 0.3 is 0 Å². The lowest BCUT2D eigenvalue weighted by Gasteiger charge is -2.30. The van der Waals surface area contributed by atoms with E-state index in [1.807, 2.05) is 97.1 Å². The van der Waals surface area contributed by atoms with E-state index in [2.05, 4.69) is 91.0 Å². The molecule has 0 bridgehead atoms. The van der Waals surface area contributed by atoms with E-state index in [0.717, 1.165) is 27.8 Å². The highest BCUT2D eigenvalue weighted by atomic mass is 15.0. The molecule has 0 aliphatic heterocycles. The van der Waals surface area contributed by atoms with Crippen LogP contribution in [0.1, 0.15) is 33.4 Å². The minimum atomic E-state index is -0.405. The number of nitrogens with zero attached hydrogens (tertiary/aromatic N) is 3. The van der Waals surface area contributed by atoms with Gasteiger partial charge in [-0.15, -0.1) is 0 Å². The van der Waals surface area contributed by atoms with E-state index in [-0.39, 0.29) is 0 Å². The number of aromatic nitrogens is 3. The van der Waals surface area contributed by atoms with E-state index >= 15 is 0 Å². The molecule has 1 heterocycles. The minimum absolute atomic E-state index is 0.405. The van der Waals surface area contributed by atoms with Crippen LogP contribution in [0, 0.1) is 0 Å². The molecule has 10 rings (SSSR count). The van der Waals surface area contributed by atoms with Crippen LogP contribution < -0.4 is 11.5 Å². The highest BCUT2D eigenvalue weighted by molar-refractivity contribution is 5.95. The summed E-state index contributed by atoms with van der Waals surface area (Å²) in [7, 11) is 0. The predicted octanol–water partition coefficient (Wildman–Crippen LogP) is 10.5. The van der Waals surface area contributed by atoms with Crippen LogP contribution in [0.4, 0.5) is 0 Å². The first-order valence-electron chi connectivity index (χ1n) is 18.4. The largest absolute Gasteiger partial charge is 0.398 e. The normalized spacial score (nSPS) is 13.6. The van der Waals surface area contributed by atoms with E-state index in [1.165, 1.54) is 44.5 Å². The zero-order chi connectivity index (χ0) is 36.9. The Morgan fingerprint density at radius 2 is 0.745 bits per heavy atom. The van der Waals surface area contributed by atoms with Crippen molar-refractivity contribution in [1.29, 1.82) is 0 Å². The van der Waals surface area contributed by atoms with Crippen LogP contribution in [-0.4, -0.2) is 15.0 Å². The summed E-state index contributed by atoms with van der Waals surface area (Å²) in [6.45, 7) is 0. The first-order chi connectivity index (χ1) is 27.1. The average molecular weight is 706 g/mol. The molecule has 2 aliphatic carbocycles. The van der Waals surface area contributed by atoms with Gasteiger partial charge in [-0.1, -0.05) is 170 Å². The Morgan fingerprint density at radius 1 is 0.364 bits per heavy atom. The number of nitrogens with two attached hydrogens (primary N) is 2. The summed E-state index contributed by atoms with van der Waals surface area (Å²) in [6.07, 6.45) is 3.68. The third-order valence-corrected chi connectivity index (χ3v) is 10.9. The van der Waals surface area contributed by atoms with Crippen molar-refractivity contribution in [3.63, 3.8) is 0 Å². The van der Waals surface area contributed by atoms with Gasteiger partial charge in [0.05, 0.1) is 5.41 Å². The maximum Gasteiger partial charge on any atom is 0.164 e. The number of hydrogen-bond acceptors (Lipinski definition) is 5. The van der Waals surface area contributed by atoms with Crippen molar-refractivity contribution in [1.82, 2.24) is 15.0 Å². The molecule has 0 fully saturated rings. The lowest BCUT2D eigenvalue weighted by Crippen LogP contribution is -2.25. The summed E-state index contributed by atoms with van der Waals surface area (Å²) in [5.74, 6) is 1.81. The van der Waals surface area contributed by atoms with Gasteiger partial charge in [-0.05, 0) is 73.9 Å². The van der Waals surface area contributed by atoms with Crippen molar-refractivity contribution in [3.05, 3.63) is 221 Å². The number of benzene rings is 7. The maximum atomic E-state index is 6.50. The SMILES string of the molecule is N/C(=C\C=C(/N)c1ccc(-c2nc(-c3ccccc3)nc(-c3ccc4c(c3)-c3ccccc3C43c4ccccc4-c4ccccc43)n2)cc1)c1ccccc1.